The van der Waals surface area contributed by atoms with Crippen molar-refractivity contribution in [2.45, 2.75) is 4.90 Å². The largest absolute Gasteiger partial charge is 0.321 e. The van der Waals surface area contributed by atoms with Crippen molar-refractivity contribution < 1.29 is 13.2 Å². The summed E-state index contributed by atoms with van der Waals surface area (Å²) in [5.41, 5.74) is 1.03. The number of anilines is 2. The average molecular weight is 388 g/mol. The minimum Gasteiger partial charge on any atom is -0.321 e. The maximum absolute atomic E-state index is 12.4. The highest BCUT2D eigenvalue weighted by molar-refractivity contribution is 7.92. The Labute approximate surface area is 155 Å². The summed E-state index contributed by atoms with van der Waals surface area (Å²) in [6.07, 6.45) is 3.11. The second-order valence-electron chi connectivity index (χ2n) is 5.31. The fraction of sp³-hybridized carbons (Fsp3) is 0. The first-order chi connectivity index (χ1) is 12.5. The first-order valence-electron chi connectivity index (χ1n) is 7.54. The van der Waals surface area contributed by atoms with E-state index >= 15 is 0 Å². The van der Waals surface area contributed by atoms with Crippen LogP contribution in [0.2, 0.25) is 5.02 Å². The number of benzene rings is 2. The van der Waals surface area contributed by atoms with Gasteiger partial charge in [0.15, 0.2) is 0 Å². The van der Waals surface area contributed by atoms with Crippen LogP contribution in [0.25, 0.3) is 0 Å². The van der Waals surface area contributed by atoms with Gasteiger partial charge >= 0.3 is 0 Å². The molecule has 1 heterocycles. The molecule has 0 bridgehead atoms. The van der Waals surface area contributed by atoms with Gasteiger partial charge in [0, 0.05) is 11.8 Å². The highest BCUT2D eigenvalue weighted by atomic mass is 35.5. The summed E-state index contributed by atoms with van der Waals surface area (Å²) in [6, 6.07) is 15.7. The van der Waals surface area contributed by atoms with Crippen molar-refractivity contribution in [1.82, 2.24) is 4.98 Å². The quantitative estimate of drug-likeness (QED) is 0.697. The molecular weight excluding hydrogens is 374 g/mol. The van der Waals surface area contributed by atoms with E-state index in [0.717, 1.165) is 0 Å². The van der Waals surface area contributed by atoms with Gasteiger partial charge in [0.2, 0.25) is 0 Å². The van der Waals surface area contributed by atoms with E-state index in [0.29, 0.717) is 11.3 Å². The molecule has 3 aromatic rings. The third kappa shape index (κ3) is 4.19. The zero-order valence-electron chi connectivity index (χ0n) is 13.4. The van der Waals surface area contributed by atoms with Gasteiger partial charge in [-0.3, -0.25) is 14.5 Å². The Morgan fingerprint density at radius 1 is 1.00 bits per heavy atom. The molecule has 6 nitrogen and oxygen atoms in total. The molecule has 132 valence electrons. The number of halogens is 1. The van der Waals surface area contributed by atoms with E-state index in [1.165, 1.54) is 36.5 Å². The van der Waals surface area contributed by atoms with Crippen molar-refractivity contribution in [1.29, 1.82) is 0 Å². The maximum Gasteiger partial charge on any atom is 0.261 e. The molecule has 0 fully saturated rings. The van der Waals surface area contributed by atoms with Gasteiger partial charge in [-0.05, 0) is 42.5 Å². The van der Waals surface area contributed by atoms with Crippen molar-refractivity contribution >= 4 is 38.9 Å². The first kappa shape index (κ1) is 17.9. The number of sulfonamides is 1. The van der Waals surface area contributed by atoms with Crippen LogP contribution in [0.5, 0.6) is 0 Å². The highest BCUT2D eigenvalue weighted by Gasteiger charge is 2.16. The van der Waals surface area contributed by atoms with Crippen molar-refractivity contribution in [3.05, 3.63) is 83.6 Å². The van der Waals surface area contributed by atoms with Gasteiger partial charge in [-0.2, -0.15) is 0 Å². The lowest BCUT2D eigenvalue weighted by Gasteiger charge is -2.11. The van der Waals surface area contributed by atoms with Crippen molar-refractivity contribution in [2.24, 2.45) is 0 Å². The molecule has 2 aromatic carbocycles. The van der Waals surface area contributed by atoms with Crippen molar-refractivity contribution in [3.8, 4) is 0 Å². The normalized spacial score (nSPS) is 11.0. The van der Waals surface area contributed by atoms with E-state index in [1.807, 2.05) is 0 Å². The minimum absolute atomic E-state index is 0.114. The first-order valence-corrected chi connectivity index (χ1v) is 9.40. The summed E-state index contributed by atoms with van der Waals surface area (Å²) in [7, 11) is -3.76. The molecule has 26 heavy (non-hydrogen) atoms. The number of hydrogen-bond acceptors (Lipinski definition) is 4. The zero-order valence-corrected chi connectivity index (χ0v) is 15.0. The Balaban J connectivity index is 1.78. The molecule has 0 saturated carbocycles. The monoisotopic (exact) mass is 387 g/mol. The van der Waals surface area contributed by atoms with Crippen LogP contribution < -0.4 is 10.0 Å². The van der Waals surface area contributed by atoms with E-state index < -0.39 is 10.0 Å². The van der Waals surface area contributed by atoms with E-state index in [-0.39, 0.29) is 21.5 Å². The minimum atomic E-state index is -3.76. The van der Waals surface area contributed by atoms with Crippen molar-refractivity contribution in [3.63, 3.8) is 0 Å². The second-order valence-corrected chi connectivity index (χ2v) is 7.40. The van der Waals surface area contributed by atoms with E-state index in [2.05, 4.69) is 15.0 Å². The Hall–Kier alpha value is -2.90. The molecule has 0 aliphatic heterocycles. The van der Waals surface area contributed by atoms with Crippen LogP contribution >= 0.6 is 11.6 Å². The number of nitrogens with one attached hydrogen (secondary N) is 2. The summed E-state index contributed by atoms with van der Waals surface area (Å²) in [5.74, 6) is -0.377. The van der Waals surface area contributed by atoms with Gasteiger partial charge in [0.25, 0.3) is 15.9 Å². The zero-order chi connectivity index (χ0) is 18.6. The van der Waals surface area contributed by atoms with Crippen LogP contribution in [0.4, 0.5) is 11.4 Å². The smallest absolute Gasteiger partial charge is 0.261 e. The molecular formula is C18H14ClN3O3S. The van der Waals surface area contributed by atoms with E-state index in [9.17, 15) is 13.2 Å². The van der Waals surface area contributed by atoms with Gasteiger partial charge in [-0.25, -0.2) is 8.42 Å². The number of rotatable bonds is 5. The maximum atomic E-state index is 12.4. The molecule has 8 heteroatoms. The second kappa shape index (κ2) is 7.55. The van der Waals surface area contributed by atoms with Crippen LogP contribution in [0.15, 0.2) is 78.0 Å². The van der Waals surface area contributed by atoms with Crippen LogP contribution in [0.1, 0.15) is 10.4 Å². The van der Waals surface area contributed by atoms with Gasteiger partial charge in [0.1, 0.15) is 0 Å². The summed E-state index contributed by atoms with van der Waals surface area (Å²) in [6.45, 7) is 0. The van der Waals surface area contributed by atoms with Crippen molar-refractivity contribution in [2.75, 3.05) is 10.0 Å². The summed E-state index contributed by atoms with van der Waals surface area (Å²) >= 11 is 6.15. The van der Waals surface area contributed by atoms with Gasteiger partial charge in [-0.15, -0.1) is 0 Å². The van der Waals surface area contributed by atoms with E-state index in [4.69, 9.17) is 11.6 Å². The molecule has 0 saturated heterocycles. The van der Waals surface area contributed by atoms with Crippen LogP contribution in [0.3, 0.4) is 0 Å². The number of carbonyl (C=O) groups excluding carboxylic acids is 1. The number of aromatic nitrogens is 1. The molecule has 0 spiro atoms. The number of amides is 1. The summed E-state index contributed by atoms with van der Waals surface area (Å²) in [4.78, 5) is 16.3. The SMILES string of the molecule is O=C(Nc1cccnc1)c1ccc(NS(=O)(=O)c2ccccc2)c(Cl)c1. The van der Waals surface area contributed by atoms with Crippen LogP contribution in [-0.4, -0.2) is 19.3 Å². The standard InChI is InChI=1S/C18H14ClN3O3S/c19-16-11-13(18(23)21-14-5-4-10-20-12-14)8-9-17(16)22-26(24,25)15-6-2-1-3-7-15/h1-12,22H,(H,21,23). The fourth-order valence-corrected chi connectivity index (χ4v) is 3.57. The molecule has 0 aliphatic rings. The number of hydrogen-bond donors (Lipinski definition) is 2. The number of pyridine rings is 1. The fourth-order valence-electron chi connectivity index (χ4n) is 2.18. The van der Waals surface area contributed by atoms with Crippen LogP contribution in [0, 0.1) is 0 Å². The molecule has 0 aliphatic carbocycles. The molecule has 2 N–H and O–H groups in total. The predicted octanol–water partition coefficient (Wildman–Crippen LogP) is 3.79. The average Bonchev–Trinajstić information content (AvgIpc) is 2.65. The van der Waals surface area contributed by atoms with Gasteiger partial charge in [0.05, 0.1) is 27.5 Å². The predicted molar refractivity (Wildman–Crippen MR) is 101 cm³/mol. The number of nitrogens with zero attached hydrogens (tertiary/aromatic N) is 1. The van der Waals surface area contributed by atoms with Gasteiger partial charge < -0.3 is 5.32 Å². The molecule has 0 unspecified atom stereocenters. The lowest BCUT2D eigenvalue weighted by atomic mass is 10.2. The summed E-state index contributed by atoms with van der Waals surface area (Å²) in [5, 5.41) is 2.79. The van der Waals surface area contributed by atoms with E-state index in [1.54, 1.807) is 36.5 Å². The summed E-state index contributed by atoms with van der Waals surface area (Å²) < 4.78 is 27.1. The Bertz CT molecular complexity index is 1030. The van der Waals surface area contributed by atoms with Gasteiger partial charge in [-0.1, -0.05) is 29.8 Å². The Morgan fingerprint density at radius 2 is 1.77 bits per heavy atom. The Kier molecular flexibility index (Phi) is 5.20. The third-order valence-corrected chi connectivity index (χ3v) is 5.14. The lowest BCUT2D eigenvalue weighted by molar-refractivity contribution is 0.102. The number of carbonyl (C=O) groups is 1. The molecule has 1 aromatic heterocycles. The molecule has 0 atom stereocenters. The topological polar surface area (TPSA) is 88.2 Å². The molecule has 1 amide bonds. The highest BCUT2D eigenvalue weighted by Crippen LogP contribution is 2.26. The lowest BCUT2D eigenvalue weighted by Crippen LogP contribution is -2.14. The Morgan fingerprint density at radius 3 is 2.42 bits per heavy atom. The van der Waals surface area contributed by atoms with Crippen LogP contribution in [-0.2, 0) is 10.0 Å². The third-order valence-electron chi connectivity index (χ3n) is 3.45. The molecule has 3 rings (SSSR count). The molecule has 0 radical (unpaired) electrons.